The third-order valence-corrected chi connectivity index (χ3v) is 3.41. The Bertz CT molecular complexity index is 418. The standard InChI is InChI=1S/C14H22N4O/c1-3-6-15-13-9-16-12(8-17-13)10-18-7-4-5-11(2)14(18)19/h8-9,11H,3-7,10H2,1-2H3,(H,15,17). The van der Waals surface area contributed by atoms with Gasteiger partial charge < -0.3 is 10.2 Å². The Morgan fingerprint density at radius 2 is 2.26 bits per heavy atom. The predicted molar refractivity (Wildman–Crippen MR) is 74.6 cm³/mol. The van der Waals surface area contributed by atoms with Crippen molar-refractivity contribution in [2.24, 2.45) is 5.92 Å². The van der Waals surface area contributed by atoms with Crippen LogP contribution in [-0.2, 0) is 11.3 Å². The van der Waals surface area contributed by atoms with Crippen LogP contribution in [0, 0.1) is 5.92 Å². The molecule has 2 rings (SSSR count). The zero-order valence-electron chi connectivity index (χ0n) is 11.7. The summed E-state index contributed by atoms with van der Waals surface area (Å²) in [5.41, 5.74) is 0.851. The quantitative estimate of drug-likeness (QED) is 0.882. The summed E-state index contributed by atoms with van der Waals surface area (Å²) in [7, 11) is 0. The molecular weight excluding hydrogens is 240 g/mol. The van der Waals surface area contributed by atoms with Crippen molar-refractivity contribution in [2.75, 3.05) is 18.4 Å². The van der Waals surface area contributed by atoms with E-state index in [-0.39, 0.29) is 11.8 Å². The number of likely N-dealkylation sites (tertiary alicyclic amines) is 1. The van der Waals surface area contributed by atoms with Crippen molar-refractivity contribution in [3.05, 3.63) is 18.1 Å². The maximum atomic E-state index is 12.0. The maximum Gasteiger partial charge on any atom is 0.225 e. The molecule has 0 aromatic carbocycles. The summed E-state index contributed by atoms with van der Waals surface area (Å²) in [5, 5.41) is 3.19. The van der Waals surface area contributed by atoms with Crippen molar-refractivity contribution >= 4 is 11.7 Å². The van der Waals surface area contributed by atoms with Crippen LogP contribution >= 0.6 is 0 Å². The fraction of sp³-hybridized carbons (Fsp3) is 0.643. The second-order valence-electron chi connectivity index (χ2n) is 5.12. The number of aromatic nitrogens is 2. The van der Waals surface area contributed by atoms with Crippen LogP contribution < -0.4 is 5.32 Å². The number of anilines is 1. The molecule has 1 aliphatic heterocycles. The van der Waals surface area contributed by atoms with Crippen molar-refractivity contribution in [1.29, 1.82) is 0 Å². The minimum absolute atomic E-state index is 0.146. The first kappa shape index (κ1) is 13.8. The highest BCUT2D eigenvalue weighted by Crippen LogP contribution is 2.18. The fourth-order valence-corrected chi connectivity index (χ4v) is 2.27. The van der Waals surface area contributed by atoms with E-state index in [1.54, 1.807) is 12.4 Å². The molecule has 1 aliphatic rings. The second kappa shape index (κ2) is 6.50. The number of carbonyl (C=O) groups is 1. The topological polar surface area (TPSA) is 58.1 Å². The van der Waals surface area contributed by atoms with E-state index in [1.807, 2.05) is 11.8 Å². The monoisotopic (exact) mass is 262 g/mol. The van der Waals surface area contributed by atoms with E-state index in [0.717, 1.165) is 43.9 Å². The predicted octanol–water partition coefficient (Wildman–Crippen LogP) is 2.06. The fourth-order valence-electron chi connectivity index (χ4n) is 2.27. The lowest BCUT2D eigenvalue weighted by Crippen LogP contribution is -2.39. The summed E-state index contributed by atoms with van der Waals surface area (Å²) in [4.78, 5) is 22.6. The van der Waals surface area contributed by atoms with E-state index < -0.39 is 0 Å². The largest absolute Gasteiger partial charge is 0.369 e. The Labute approximate surface area is 114 Å². The van der Waals surface area contributed by atoms with Gasteiger partial charge in [0.2, 0.25) is 5.91 Å². The van der Waals surface area contributed by atoms with Gasteiger partial charge in [-0.3, -0.25) is 9.78 Å². The average molecular weight is 262 g/mol. The zero-order chi connectivity index (χ0) is 13.7. The van der Waals surface area contributed by atoms with Crippen molar-refractivity contribution in [3.63, 3.8) is 0 Å². The highest BCUT2D eigenvalue weighted by Gasteiger charge is 2.25. The van der Waals surface area contributed by atoms with E-state index in [9.17, 15) is 4.79 Å². The first-order valence-corrected chi connectivity index (χ1v) is 7.04. The summed E-state index contributed by atoms with van der Waals surface area (Å²) < 4.78 is 0. The molecule has 0 radical (unpaired) electrons. The molecular formula is C14H22N4O. The summed E-state index contributed by atoms with van der Waals surface area (Å²) in [5.74, 6) is 1.18. The molecule has 0 saturated carbocycles. The second-order valence-corrected chi connectivity index (χ2v) is 5.12. The van der Waals surface area contributed by atoms with Crippen molar-refractivity contribution in [1.82, 2.24) is 14.9 Å². The van der Waals surface area contributed by atoms with Crippen LogP contribution in [-0.4, -0.2) is 33.9 Å². The van der Waals surface area contributed by atoms with Gasteiger partial charge in [0.25, 0.3) is 0 Å². The van der Waals surface area contributed by atoms with Gasteiger partial charge in [0.05, 0.1) is 24.6 Å². The molecule has 1 N–H and O–H groups in total. The lowest BCUT2D eigenvalue weighted by atomic mass is 9.99. The number of amides is 1. The summed E-state index contributed by atoms with van der Waals surface area (Å²) in [6, 6.07) is 0. The maximum absolute atomic E-state index is 12.0. The van der Waals surface area contributed by atoms with E-state index in [2.05, 4.69) is 22.2 Å². The highest BCUT2D eigenvalue weighted by atomic mass is 16.2. The molecule has 0 spiro atoms. The Morgan fingerprint density at radius 3 is 2.95 bits per heavy atom. The number of carbonyl (C=O) groups excluding carboxylic acids is 1. The molecule has 1 aromatic heterocycles. The molecule has 1 saturated heterocycles. The highest BCUT2D eigenvalue weighted by molar-refractivity contribution is 5.79. The third-order valence-electron chi connectivity index (χ3n) is 3.41. The van der Waals surface area contributed by atoms with Crippen LogP contribution in [0.1, 0.15) is 38.8 Å². The first-order valence-electron chi connectivity index (χ1n) is 7.04. The number of piperidine rings is 1. The Hall–Kier alpha value is -1.65. The Balaban J connectivity index is 1.93. The Kier molecular flexibility index (Phi) is 4.71. The average Bonchev–Trinajstić information content (AvgIpc) is 2.43. The van der Waals surface area contributed by atoms with Crippen LogP contribution in [0.3, 0.4) is 0 Å². The van der Waals surface area contributed by atoms with Crippen LogP contribution in [0.5, 0.6) is 0 Å². The van der Waals surface area contributed by atoms with Gasteiger partial charge in [-0.1, -0.05) is 13.8 Å². The minimum atomic E-state index is 0.146. The van der Waals surface area contributed by atoms with Gasteiger partial charge in [0.1, 0.15) is 5.82 Å². The molecule has 1 fully saturated rings. The normalized spacial score (nSPS) is 19.6. The number of rotatable bonds is 5. The third kappa shape index (κ3) is 3.66. The lowest BCUT2D eigenvalue weighted by molar-refractivity contribution is -0.138. The molecule has 5 nitrogen and oxygen atoms in total. The van der Waals surface area contributed by atoms with Crippen molar-refractivity contribution < 1.29 is 4.79 Å². The van der Waals surface area contributed by atoms with Crippen molar-refractivity contribution in [2.45, 2.75) is 39.7 Å². The van der Waals surface area contributed by atoms with Gasteiger partial charge in [-0.25, -0.2) is 4.98 Å². The van der Waals surface area contributed by atoms with Crippen molar-refractivity contribution in [3.8, 4) is 0 Å². The number of nitrogens with zero attached hydrogens (tertiary/aromatic N) is 3. The van der Waals surface area contributed by atoms with Crippen LogP contribution in [0.25, 0.3) is 0 Å². The van der Waals surface area contributed by atoms with Gasteiger partial charge in [0.15, 0.2) is 0 Å². The molecule has 1 amide bonds. The van der Waals surface area contributed by atoms with Gasteiger partial charge in [-0.15, -0.1) is 0 Å². The molecule has 1 unspecified atom stereocenters. The van der Waals surface area contributed by atoms with Crippen LogP contribution in [0.4, 0.5) is 5.82 Å². The lowest BCUT2D eigenvalue weighted by Gasteiger charge is -2.30. The summed E-state index contributed by atoms with van der Waals surface area (Å²) >= 11 is 0. The molecule has 104 valence electrons. The molecule has 0 bridgehead atoms. The van der Waals surface area contributed by atoms with Crippen LogP contribution in [0.15, 0.2) is 12.4 Å². The van der Waals surface area contributed by atoms with E-state index in [1.165, 1.54) is 0 Å². The van der Waals surface area contributed by atoms with E-state index >= 15 is 0 Å². The van der Waals surface area contributed by atoms with E-state index in [0.29, 0.717) is 6.54 Å². The van der Waals surface area contributed by atoms with Gasteiger partial charge in [0, 0.05) is 19.0 Å². The Morgan fingerprint density at radius 1 is 1.42 bits per heavy atom. The number of hydrogen-bond acceptors (Lipinski definition) is 4. The minimum Gasteiger partial charge on any atom is -0.369 e. The number of hydrogen-bond donors (Lipinski definition) is 1. The van der Waals surface area contributed by atoms with E-state index in [4.69, 9.17) is 0 Å². The molecule has 5 heteroatoms. The zero-order valence-corrected chi connectivity index (χ0v) is 11.7. The van der Waals surface area contributed by atoms with Gasteiger partial charge >= 0.3 is 0 Å². The van der Waals surface area contributed by atoms with Gasteiger partial charge in [-0.05, 0) is 19.3 Å². The summed E-state index contributed by atoms with van der Waals surface area (Å²) in [6.45, 7) is 6.41. The smallest absolute Gasteiger partial charge is 0.225 e. The van der Waals surface area contributed by atoms with Gasteiger partial charge in [-0.2, -0.15) is 0 Å². The molecule has 0 aliphatic carbocycles. The van der Waals surface area contributed by atoms with Crippen LogP contribution in [0.2, 0.25) is 0 Å². The first-order chi connectivity index (χ1) is 9.20. The molecule has 1 atom stereocenters. The molecule has 1 aromatic rings. The summed E-state index contributed by atoms with van der Waals surface area (Å²) in [6.07, 6.45) is 6.63. The molecule has 19 heavy (non-hydrogen) atoms. The molecule has 2 heterocycles. The SMILES string of the molecule is CCCNc1cnc(CN2CCCC(C)C2=O)cn1. The number of nitrogens with one attached hydrogen (secondary N) is 1.